The first kappa shape index (κ1) is 21.6. The summed E-state index contributed by atoms with van der Waals surface area (Å²) in [5.41, 5.74) is 2.14. The summed E-state index contributed by atoms with van der Waals surface area (Å²) in [6.45, 7) is 8.70. The van der Waals surface area contributed by atoms with E-state index in [2.05, 4.69) is 46.5 Å². The van der Waals surface area contributed by atoms with Crippen LogP contribution in [0.2, 0.25) is 0 Å². The smallest absolute Gasteiger partial charge is 0.191 e. The molecule has 4 rings (SSSR count). The van der Waals surface area contributed by atoms with E-state index in [1.807, 2.05) is 12.3 Å². The van der Waals surface area contributed by atoms with Gasteiger partial charge < -0.3 is 20.3 Å². The minimum absolute atomic E-state index is 0.0107. The van der Waals surface area contributed by atoms with Gasteiger partial charge in [-0.05, 0) is 56.0 Å². The number of aromatic nitrogens is 1. The van der Waals surface area contributed by atoms with Crippen molar-refractivity contribution in [3.8, 4) is 0 Å². The van der Waals surface area contributed by atoms with Crippen LogP contribution in [-0.2, 0) is 16.7 Å². The molecule has 1 saturated heterocycles. The van der Waals surface area contributed by atoms with Crippen LogP contribution in [0, 0.1) is 5.82 Å². The summed E-state index contributed by atoms with van der Waals surface area (Å²) in [7, 11) is 0. The maximum Gasteiger partial charge on any atom is 0.191 e. The first-order chi connectivity index (χ1) is 15.1. The van der Waals surface area contributed by atoms with Crippen molar-refractivity contribution in [2.75, 3.05) is 37.7 Å². The normalized spacial score (nSPS) is 20.4. The van der Waals surface area contributed by atoms with E-state index < -0.39 is 0 Å². The minimum Gasteiger partial charge on any atom is -0.375 e. The largest absolute Gasteiger partial charge is 0.375 e. The number of pyridine rings is 1. The highest BCUT2D eigenvalue weighted by Crippen LogP contribution is 2.47. The Balaban J connectivity index is 1.35. The quantitative estimate of drug-likeness (QED) is 0.527. The third-order valence-corrected chi connectivity index (χ3v) is 6.02. The van der Waals surface area contributed by atoms with Crippen molar-refractivity contribution in [1.82, 2.24) is 15.6 Å². The van der Waals surface area contributed by atoms with E-state index in [4.69, 9.17) is 9.73 Å². The van der Waals surface area contributed by atoms with Crippen LogP contribution < -0.4 is 15.5 Å². The zero-order chi connectivity index (χ0) is 21.7. The molecule has 7 heteroatoms. The second-order valence-corrected chi connectivity index (χ2v) is 8.49. The summed E-state index contributed by atoms with van der Waals surface area (Å²) < 4.78 is 19.3. The molecule has 166 valence electrons. The van der Waals surface area contributed by atoms with Crippen LogP contribution in [0.1, 0.15) is 37.8 Å². The van der Waals surface area contributed by atoms with Crippen LogP contribution in [0.15, 0.2) is 47.6 Å². The molecule has 1 atom stereocenters. The maximum atomic E-state index is 13.6. The fraction of sp³-hybridized carbons (Fsp3) is 0.500. The van der Waals surface area contributed by atoms with Gasteiger partial charge in [-0.15, -0.1) is 0 Å². The monoisotopic (exact) mass is 425 g/mol. The van der Waals surface area contributed by atoms with Gasteiger partial charge in [-0.25, -0.2) is 14.4 Å². The summed E-state index contributed by atoms with van der Waals surface area (Å²) in [5.74, 6) is 1.58. The molecule has 1 unspecified atom stereocenters. The number of aliphatic imine (C=N–C) groups is 1. The van der Waals surface area contributed by atoms with Crippen molar-refractivity contribution in [1.29, 1.82) is 0 Å². The summed E-state index contributed by atoms with van der Waals surface area (Å²) in [4.78, 5) is 11.6. The van der Waals surface area contributed by atoms with Gasteiger partial charge in [-0.3, -0.25) is 0 Å². The molecule has 2 fully saturated rings. The number of benzene rings is 1. The van der Waals surface area contributed by atoms with Gasteiger partial charge in [0, 0.05) is 37.8 Å². The van der Waals surface area contributed by atoms with Crippen LogP contribution >= 0.6 is 0 Å². The van der Waals surface area contributed by atoms with Crippen molar-refractivity contribution in [2.24, 2.45) is 4.99 Å². The molecule has 0 amide bonds. The standard InChI is InChI=1S/C24H32FN5O/c1-3-26-23(29-17-24(9-10-24)20-5-4-6-21(25)13-20)28-15-19-7-8-22(27-14-19)30-11-12-31-18(2)16-30/h4-8,13-14,18H,3,9-12,15-17H2,1-2H3,(H2,26,28,29). The van der Waals surface area contributed by atoms with Crippen LogP contribution in [0.3, 0.4) is 0 Å². The van der Waals surface area contributed by atoms with Crippen molar-refractivity contribution >= 4 is 11.8 Å². The van der Waals surface area contributed by atoms with Crippen molar-refractivity contribution in [3.63, 3.8) is 0 Å². The lowest BCUT2D eigenvalue weighted by molar-refractivity contribution is 0.0529. The number of morpholine rings is 1. The molecule has 2 N–H and O–H groups in total. The van der Waals surface area contributed by atoms with Crippen LogP contribution in [-0.4, -0.2) is 49.8 Å². The topological polar surface area (TPSA) is 61.8 Å². The summed E-state index contributed by atoms with van der Waals surface area (Å²) >= 11 is 0. The number of hydrogen-bond acceptors (Lipinski definition) is 4. The molecule has 2 heterocycles. The van der Waals surface area contributed by atoms with Crippen LogP contribution in [0.5, 0.6) is 0 Å². The first-order valence-corrected chi connectivity index (χ1v) is 11.2. The summed E-state index contributed by atoms with van der Waals surface area (Å²) in [5, 5.41) is 6.76. The average molecular weight is 426 g/mol. The Morgan fingerprint density at radius 1 is 1.29 bits per heavy atom. The third kappa shape index (κ3) is 5.53. The minimum atomic E-state index is -0.174. The van der Waals surface area contributed by atoms with Gasteiger partial charge in [0.2, 0.25) is 0 Å². The van der Waals surface area contributed by atoms with E-state index in [0.29, 0.717) is 6.54 Å². The number of rotatable bonds is 7. The fourth-order valence-corrected chi connectivity index (χ4v) is 4.03. The SMILES string of the molecule is CCNC(=NCc1ccc(N2CCOC(C)C2)nc1)NCC1(c2cccc(F)c2)CC1. The third-order valence-electron chi connectivity index (χ3n) is 6.02. The molecule has 0 spiro atoms. The lowest BCUT2D eigenvalue weighted by Gasteiger charge is -2.32. The number of anilines is 1. The lowest BCUT2D eigenvalue weighted by Crippen LogP contribution is -2.41. The van der Waals surface area contributed by atoms with Crippen molar-refractivity contribution < 1.29 is 9.13 Å². The second-order valence-electron chi connectivity index (χ2n) is 8.49. The van der Waals surface area contributed by atoms with E-state index in [0.717, 1.165) is 68.5 Å². The number of hydrogen-bond donors (Lipinski definition) is 2. The highest BCUT2D eigenvalue weighted by atomic mass is 19.1. The van der Waals surface area contributed by atoms with Gasteiger partial charge in [0.05, 0.1) is 19.3 Å². The van der Waals surface area contributed by atoms with Crippen LogP contribution in [0.25, 0.3) is 0 Å². The molecule has 1 saturated carbocycles. The molecule has 0 radical (unpaired) electrons. The average Bonchev–Trinajstić information content (AvgIpc) is 3.57. The van der Waals surface area contributed by atoms with E-state index in [1.54, 1.807) is 12.1 Å². The van der Waals surface area contributed by atoms with Crippen molar-refractivity contribution in [3.05, 3.63) is 59.5 Å². The predicted octanol–water partition coefficient (Wildman–Crippen LogP) is 3.23. The van der Waals surface area contributed by atoms with Gasteiger partial charge >= 0.3 is 0 Å². The van der Waals surface area contributed by atoms with Gasteiger partial charge in [-0.1, -0.05) is 18.2 Å². The van der Waals surface area contributed by atoms with Crippen molar-refractivity contribution in [2.45, 2.75) is 44.8 Å². The predicted molar refractivity (Wildman–Crippen MR) is 122 cm³/mol. The number of nitrogens with one attached hydrogen (secondary N) is 2. The molecular formula is C24H32FN5O. The molecule has 1 aromatic heterocycles. The molecule has 31 heavy (non-hydrogen) atoms. The summed E-state index contributed by atoms with van der Waals surface area (Å²) in [6.07, 6.45) is 4.26. The molecular weight excluding hydrogens is 393 g/mol. The Labute approximate surface area is 183 Å². The second kappa shape index (κ2) is 9.64. The Morgan fingerprint density at radius 3 is 2.84 bits per heavy atom. The zero-order valence-corrected chi connectivity index (χ0v) is 18.4. The fourth-order valence-electron chi connectivity index (χ4n) is 4.03. The maximum absolute atomic E-state index is 13.6. The Morgan fingerprint density at radius 2 is 2.16 bits per heavy atom. The zero-order valence-electron chi connectivity index (χ0n) is 18.4. The molecule has 1 aliphatic heterocycles. The molecule has 0 bridgehead atoms. The number of guanidine groups is 1. The highest BCUT2D eigenvalue weighted by Gasteiger charge is 2.44. The van der Waals surface area contributed by atoms with E-state index >= 15 is 0 Å². The molecule has 1 aliphatic carbocycles. The number of ether oxygens (including phenoxy) is 1. The summed E-state index contributed by atoms with van der Waals surface area (Å²) in [6, 6.07) is 11.1. The number of nitrogens with zero attached hydrogens (tertiary/aromatic N) is 3. The van der Waals surface area contributed by atoms with E-state index in [1.165, 1.54) is 6.07 Å². The highest BCUT2D eigenvalue weighted by molar-refractivity contribution is 5.80. The Hall–Kier alpha value is -2.67. The molecule has 1 aromatic carbocycles. The van der Waals surface area contributed by atoms with Crippen LogP contribution in [0.4, 0.5) is 10.2 Å². The van der Waals surface area contributed by atoms with E-state index in [9.17, 15) is 4.39 Å². The molecule has 6 nitrogen and oxygen atoms in total. The molecule has 2 aromatic rings. The first-order valence-electron chi connectivity index (χ1n) is 11.2. The Bertz CT molecular complexity index is 897. The lowest BCUT2D eigenvalue weighted by atomic mass is 9.96. The van der Waals surface area contributed by atoms with Gasteiger partial charge in [0.15, 0.2) is 5.96 Å². The van der Waals surface area contributed by atoms with E-state index in [-0.39, 0.29) is 17.3 Å². The van der Waals surface area contributed by atoms with Gasteiger partial charge in [0.25, 0.3) is 0 Å². The molecule has 2 aliphatic rings. The van der Waals surface area contributed by atoms with Gasteiger partial charge in [0.1, 0.15) is 11.6 Å². The Kier molecular flexibility index (Phi) is 6.70. The number of halogens is 1. The van der Waals surface area contributed by atoms with Gasteiger partial charge in [-0.2, -0.15) is 0 Å².